The summed E-state index contributed by atoms with van der Waals surface area (Å²) in [5, 5.41) is 16.8. The molecule has 5 N–H and O–H groups in total. The normalized spacial score (nSPS) is 18.0. The summed E-state index contributed by atoms with van der Waals surface area (Å²) in [6.45, 7) is 7.31. The highest BCUT2D eigenvalue weighted by atomic mass is 16.5. The number of nitrogens with zero attached hydrogens (tertiary/aromatic N) is 1. The van der Waals surface area contributed by atoms with Gasteiger partial charge in [-0.3, -0.25) is 9.59 Å². The first-order valence-electron chi connectivity index (χ1n) is 15.0. The fourth-order valence-electron chi connectivity index (χ4n) is 5.76. The lowest BCUT2D eigenvalue weighted by Crippen LogP contribution is -2.58. The minimum atomic E-state index is -1.08. The smallest absolute Gasteiger partial charge is 0.343 e. The number of morpholine rings is 1. The van der Waals surface area contributed by atoms with E-state index in [0.29, 0.717) is 27.6 Å². The Bertz CT molecular complexity index is 1700. The molecule has 2 unspecified atom stereocenters. The predicted molar refractivity (Wildman–Crippen MR) is 177 cm³/mol. The molecule has 0 bridgehead atoms. The maximum atomic E-state index is 13.9. The Labute approximate surface area is 273 Å². The van der Waals surface area contributed by atoms with Crippen LogP contribution in [-0.4, -0.2) is 86.6 Å². The maximum absolute atomic E-state index is 13.9. The Balaban J connectivity index is 1.66. The van der Waals surface area contributed by atoms with E-state index in [1.165, 1.54) is 21.3 Å². The van der Waals surface area contributed by atoms with Crippen LogP contribution in [0.25, 0.3) is 10.8 Å². The molecule has 3 aromatic carbocycles. The number of hydrogen-bond donors (Lipinski definition) is 4. The highest BCUT2D eigenvalue weighted by molar-refractivity contribution is 6.14. The van der Waals surface area contributed by atoms with Crippen LogP contribution in [0.5, 0.6) is 5.75 Å². The summed E-state index contributed by atoms with van der Waals surface area (Å²) < 4.78 is 21.2. The summed E-state index contributed by atoms with van der Waals surface area (Å²) >= 11 is 0. The Morgan fingerprint density at radius 3 is 2.28 bits per heavy atom. The molecule has 1 heterocycles. The zero-order chi connectivity index (χ0) is 34.7. The van der Waals surface area contributed by atoms with Crippen molar-refractivity contribution in [3.05, 3.63) is 59.2 Å². The first-order valence-corrected chi connectivity index (χ1v) is 15.0. The molecule has 1 aliphatic heterocycles. The predicted octanol–water partition coefficient (Wildman–Crippen LogP) is 4.31. The number of aliphatic hydroxyl groups excluding tert-OH is 1. The second kappa shape index (κ2) is 13.9. The number of carbonyl (C=O) groups excluding carboxylic acids is 4. The molecule has 2 atom stereocenters. The topological polar surface area (TPSA) is 179 Å². The van der Waals surface area contributed by atoms with Crippen molar-refractivity contribution in [1.29, 1.82) is 0 Å². The lowest BCUT2D eigenvalue weighted by Gasteiger charge is -2.43. The van der Waals surface area contributed by atoms with Gasteiger partial charge >= 0.3 is 18.0 Å². The molecule has 4 rings (SSSR count). The van der Waals surface area contributed by atoms with Crippen molar-refractivity contribution in [3.8, 4) is 5.75 Å². The van der Waals surface area contributed by atoms with Crippen LogP contribution < -0.4 is 21.1 Å². The fraction of sp³-hybridized carbons (Fsp3) is 0.412. The van der Waals surface area contributed by atoms with E-state index in [2.05, 4.69) is 10.6 Å². The van der Waals surface area contributed by atoms with Crippen molar-refractivity contribution in [2.24, 2.45) is 0 Å². The van der Waals surface area contributed by atoms with Crippen molar-refractivity contribution in [3.63, 3.8) is 0 Å². The van der Waals surface area contributed by atoms with Gasteiger partial charge < -0.3 is 45.3 Å². The van der Waals surface area contributed by atoms with Gasteiger partial charge in [0.2, 0.25) is 0 Å². The molecule has 3 amide bonds. The van der Waals surface area contributed by atoms with Gasteiger partial charge in [0.1, 0.15) is 11.2 Å². The average Bonchev–Trinajstić information content (AvgIpc) is 3.03. The van der Waals surface area contributed by atoms with E-state index >= 15 is 0 Å². The fourth-order valence-corrected chi connectivity index (χ4v) is 5.76. The van der Waals surface area contributed by atoms with E-state index in [-0.39, 0.29) is 54.7 Å². The van der Waals surface area contributed by atoms with E-state index < -0.39 is 35.1 Å². The first-order chi connectivity index (χ1) is 22.2. The van der Waals surface area contributed by atoms with Gasteiger partial charge in [-0.15, -0.1) is 0 Å². The number of fused-ring (bicyclic) bond motifs is 1. The Hall–Kier alpha value is -4.88. The van der Waals surface area contributed by atoms with Crippen LogP contribution in [0.3, 0.4) is 0 Å². The number of nitrogens with one attached hydrogen (secondary N) is 2. The van der Waals surface area contributed by atoms with Crippen molar-refractivity contribution < 1.29 is 43.2 Å². The minimum Gasteiger partial charge on any atom is -0.494 e. The SMILES string of the molecule is COC(=O)CC1CN(C(=O)c2ccc(NC(=O)Nc3cc(C(C)(C)C)c(N)c(C(=O)OC)c3OC)c3ccccc23)CC(C)(CO)O1. The molecular formula is C34H42N4O9. The summed E-state index contributed by atoms with van der Waals surface area (Å²) in [5.74, 6) is -1.48. The molecule has 0 radical (unpaired) electrons. The molecule has 47 heavy (non-hydrogen) atoms. The Kier molecular flexibility index (Phi) is 10.3. The minimum absolute atomic E-state index is 0.000254. The second-order valence-corrected chi connectivity index (χ2v) is 12.6. The number of methoxy groups -OCH3 is 3. The van der Waals surface area contributed by atoms with E-state index in [0.717, 1.165) is 0 Å². The van der Waals surface area contributed by atoms with Crippen molar-refractivity contribution in [2.75, 3.05) is 57.4 Å². The van der Waals surface area contributed by atoms with Crippen molar-refractivity contribution >= 4 is 51.7 Å². The molecule has 1 aliphatic rings. The van der Waals surface area contributed by atoms with Crippen LogP contribution in [0.15, 0.2) is 42.5 Å². The van der Waals surface area contributed by atoms with Crippen molar-refractivity contribution in [1.82, 2.24) is 4.90 Å². The zero-order valence-corrected chi connectivity index (χ0v) is 27.7. The molecule has 13 heteroatoms. The molecule has 0 saturated carbocycles. The van der Waals surface area contributed by atoms with Crippen LogP contribution in [0, 0.1) is 0 Å². The molecule has 1 fully saturated rings. The number of rotatable bonds is 8. The van der Waals surface area contributed by atoms with Gasteiger partial charge in [0, 0.05) is 17.5 Å². The molecule has 0 aromatic heterocycles. The number of urea groups is 1. The van der Waals surface area contributed by atoms with Crippen LogP contribution in [0.2, 0.25) is 0 Å². The number of ether oxygens (including phenoxy) is 4. The molecule has 252 valence electrons. The van der Waals surface area contributed by atoms with Gasteiger partial charge in [-0.1, -0.05) is 45.0 Å². The van der Waals surface area contributed by atoms with E-state index in [1.54, 1.807) is 54.3 Å². The number of nitrogens with two attached hydrogens (primary N) is 1. The maximum Gasteiger partial charge on any atom is 0.343 e. The van der Waals surface area contributed by atoms with Gasteiger partial charge in [0.25, 0.3) is 5.91 Å². The summed E-state index contributed by atoms with van der Waals surface area (Å²) in [4.78, 5) is 53.6. The van der Waals surface area contributed by atoms with E-state index in [4.69, 9.17) is 24.7 Å². The summed E-state index contributed by atoms with van der Waals surface area (Å²) in [5.41, 5.74) is 6.60. The first kappa shape index (κ1) is 35.0. The van der Waals surface area contributed by atoms with Crippen LogP contribution >= 0.6 is 0 Å². The van der Waals surface area contributed by atoms with Gasteiger partial charge in [0.15, 0.2) is 5.75 Å². The lowest BCUT2D eigenvalue weighted by molar-refractivity contribution is -0.169. The molecule has 3 aromatic rings. The molecular weight excluding hydrogens is 608 g/mol. The number of anilines is 3. The van der Waals surface area contributed by atoms with Crippen LogP contribution in [0.1, 0.15) is 60.4 Å². The summed E-state index contributed by atoms with van der Waals surface area (Å²) in [7, 11) is 3.87. The molecule has 0 aliphatic carbocycles. The number of esters is 2. The number of amides is 3. The third-order valence-corrected chi connectivity index (χ3v) is 8.02. The highest BCUT2D eigenvalue weighted by Gasteiger charge is 2.40. The van der Waals surface area contributed by atoms with E-state index in [9.17, 15) is 24.3 Å². The van der Waals surface area contributed by atoms with Gasteiger partial charge in [0.05, 0.1) is 64.1 Å². The van der Waals surface area contributed by atoms with Crippen molar-refractivity contribution in [2.45, 2.75) is 51.2 Å². The largest absolute Gasteiger partial charge is 0.494 e. The monoisotopic (exact) mass is 650 g/mol. The Morgan fingerprint density at radius 2 is 1.68 bits per heavy atom. The second-order valence-electron chi connectivity index (χ2n) is 12.6. The third-order valence-electron chi connectivity index (χ3n) is 8.02. The summed E-state index contributed by atoms with van der Waals surface area (Å²) in [6, 6.07) is 11.4. The summed E-state index contributed by atoms with van der Waals surface area (Å²) in [6.07, 6.45) is -0.747. The Morgan fingerprint density at radius 1 is 1.02 bits per heavy atom. The van der Waals surface area contributed by atoms with Crippen LogP contribution in [0.4, 0.5) is 21.9 Å². The number of carbonyl (C=O) groups is 4. The molecule has 0 spiro atoms. The standard InChI is InChI=1S/C34H42N4O9/c1-33(2,3)23-15-25(29(45-6)27(28(23)35)31(42)46-7)37-32(43)36-24-13-12-22(20-10-8-9-11-21(20)24)30(41)38-16-19(14-26(40)44-5)47-34(4,17-38)18-39/h8-13,15,19,39H,14,16-18,35H2,1-7H3,(H2,36,37,43). The lowest BCUT2D eigenvalue weighted by atomic mass is 9.84. The van der Waals surface area contributed by atoms with Crippen LogP contribution in [-0.2, 0) is 24.4 Å². The van der Waals surface area contributed by atoms with Gasteiger partial charge in [-0.05, 0) is 41.5 Å². The average molecular weight is 651 g/mol. The number of aliphatic hydroxyl groups is 1. The molecule has 13 nitrogen and oxygen atoms in total. The third kappa shape index (κ3) is 7.42. The van der Waals surface area contributed by atoms with Gasteiger partial charge in [-0.25, -0.2) is 9.59 Å². The zero-order valence-electron chi connectivity index (χ0n) is 27.7. The molecule has 1 saturated heterocycles. The number of benzene rings is 3. The van der Waals surface area contributed by atoms with Gasteiger partial charge in [-0.2, -0.15) is 0 Å². The quantitative estimate of drug-likeness (QED) is 0.203. The number of hydrogen-bond acceptors (Lipinski definition) is 10. The highest BCUT2D eigenvalue weighted by Crippen LogP contribution is 2.41. The van der Waals surface area contributed by atoms with E-state index in [1.807, 2.05) is 20.8 Å². The number of nitrogen functional groups attached to an aromatic ring is 1.